The van der Waals surface area contributed by atoms with E-state index in [0.717, 1.165) is 17.7 Å². The average molecular weight is 452 g/mol. The third-order valence-corrected chi connectivity index (χ3v) is 5.38. The Hall–Kier alpha value is -3.28. The lowest BCUT2D eigenvalue weighted by Crippen LogP contribution is -2.30. The largest absolute Gasteiger partial charge is 0.507 e. The summed E-state index contributed by atoms with van der Waals surface area (Å²) in [4.78, 5) is 27.3. The van der Waals surface area contributed by atoms with E-state index >= 15 is 0 Å². The maximum absolute atomic E-state index is 13.0. The number of carbonyl (C=O) groups excluding carboxylic acids is 2. The van der Waals surface area contributed by atoms with Gasteiger partial charge in [-0.15, -0.1) is 0 Å². The molecule has 2 aromatic carbocycles. The van der Waals surface area contributed by atoms with Crippen molar-refractivity contribution in [3.05, 3.63) is 65.2 Å². The first kappa shape index (κ1) is 24.4. The molecule has 1 N–H and O–H groups in total. The second-order valence-electron chi connectivity index (χ2n) is 8.64. The Morgan fingerprint density at radius 1 is 0.939 bits per heavy atom. The zero-order valence-corrected chi connectivity index (χ0v) is 19.8. The van der Waals surface area contributed by atoms with Crippen LogP contribution in [0.25, 0.3) is 5.76 Å². The molecule has 1 aliphatic heterocycles. The fourth-order valence-corrected chi connectivity index (χ4v) is 3.79. The minimum atomic E-state index is -0.669. The first-order chi connectivity index (χ1) is 15.9. The molecule has 0 bridgehead atoms. The van der Waals surface area contributed by atoms with Crippen LogP contribution >= 0.6 is 0 Å². The molecular weight excluding hydrogens is 418 g/mol. The van der Waals surface area contributed by atoms with Gasteiger partial charge in [-0.25, -0.2) is 0 Å². The molecule has 0 saturated carbocycles. The lowest BCUT2D eigenvalue weighted by Gasteiger charge is -2.25. The second kappa shape index (κ2) is 11.0. The van der Waals surface area contributed by atoms with Gasteiger partial charge in [0.05, 0.1) is 24.8 Å². The third kappa shape index (κ3) is 5.56. The minimum absolute atomic E-state index is 0.103. The number of aliphatic hydroxyl groups is 1. The molecule has 33 heavy (non-hydrogen) atoms. The third-order valence-electron chi connectivity index (χ3n) is 5.38. The molecule has 0 spiro atoms. The highest BCUT2D eigenvalue weighted by Gasteiger charge is 2.45. The number of rotatable bonds is 10. The van der Waals surface area contributed by atoms with E-state index in [2.05, 4.69) is 13.8 Å². The van der Waals surface area contributed by atoms with Crippen molar-refractivity contribution in [2.45, 2.75) is 46.6 Å². The lowest BCUT2D eigenvalue weighted by molar-refractivity contribution is -0.139. The summed E-state index contributed by atoms with van der Waals surface area (Å²) in [6, 6.07) is 13.6. The minimum Gasteiger partial charge on any atom is -0.507 e. The smallest absolute Gasteiger partial charge is 0.295 e. The van der Waals surface area contributed by atoms with Crippen molar-refractivity contribution in [1.82, 2.24) is 4.90 Å². The molecule has 1 fully saturated rings. The lowest BCUT2D eigenvalue weighted by atomic mass is 9.95. The highest BCUT2D eigenvalue weighted by Crippen LogP contribution is 2.40. The van der Waals surface area contributed by atoms with Crippen molar-refractivity contribution < 1.29 is 24.2 Å². The number of Topliss-reactive ketones (excluding diaryl/α,β-unsaturated/α-hetero) is 1. The fraction of sp³-hybridized carbons (Fsp3) is 0.407. The van der Waals surface area contributed by atoms with Crippen molar-refractivity contribution in [3.63, 3.8) is 0 Å². The number of benzene rings is 2. The molecule has 3 rings (SSSR count). The Morgan fingerprint density at radius 2 is 1.55 bits per heavy atom. The van der Waals surface area contributed by atoms with E-state index in [9.17, 15) is 14.7 Å². The van der Waals surface area contributed by atoms with Crippen molar-refractivity contribution >= 4 is 17.4 Å². The summed E-state index contributed by atoms with van der Waals surface area (Å²) < 4.78 is 11.4. The number of hydrogen-bond acceptors (Lipinski definition) is 5. The Kier molecular flexibility index (Phi) is 8.15. The number of amides is 1. The van der Waals surface area contributed by atoms with E-state index in [1.807, 2.05) is 38.1 Å². The van der Waals surface area contributed by atoms with Gasteiger partial charge in [0, 0.05) is 12.1 Å². The Bertz CT molecular complexity index is 992. The standard InChI is InChI=1S/C27H33NO5/c1-5-15-28-24(19-7-11-22(12-8-19)33-17-18(3)4)23(26(30)27(28)31)25(29)20-9-13-21(14-10-20)32-16-6-2/h7-14,18,24,29H,5-6,15-17H2,1-4H3/b25-23-. The molecule has 6 heteroatoms. The zero-order chi connectivity index (χ0) is 24.0. The van der Waals surface area contributed by atoms with Crippen LogP contribution in [0.2, 0.25) is 0 Å². The maximum atomic E-state index is 13.0. The number of ether oxygens (including phenoxy) is 2. The van der Waals surface area contributed by atoms with Crippen LogP contribution in [-0.4, -0.2) is 41.5 Å². The fourth-order valence-electron chi connectivity index (χ4n) is 3.79. The molecular formula is C27H33NO5. The zero-order valence-electron chi connectivity index (χ0n) is 19.8. The molecule has 176 valence electrons. The molecule has 1 atom stereocenters. The summed E-state index contributed by atoms with van der Waals surface area (Å²) >= 11 is 0. The van der Waals surface area contributed by atoms with Gasteiger partial charge in [0.1, 0.15) is 17.3 Å². The number of carbonyl (C=O) groups is 2. The molecule has 0 aliphatic carbocycles. The van der Waals surface area contributed by atoms with Crippen LogP contribution in [0.4, 0.5) is 0 Å². The van der Waals surface area contributed by atoms with E-state index < -0.39 is 17.7 Å². The summed E-state index contributed by atoms with van der Waals surface area (Å²) in [5.74, 6) is 0.374. The predicted octanol–water partition coefficient (Wildman–Crippen LogP) is 5.34. The molecule has 0 radical (unpaired) electrons. The van der Waals surface area contributed by atoms with Crippen LogP contribution in [-0.2, 0) is 9.59 Å². The molecule has 1 amide bonds. The SMILES string of the molecule is CCCOc1ccc(/C(O)=C2/C(=O)C(=O)N(CCC)C2c2ccc(OCC(C)C)cc2)cc1. The van der Waals surface area contributed by atoms with Gasteiger partial charge in [-0.05, 0) is 60.7 Å². The molecule has 2 aromatic rings. The molecule has 1 unspecified atom stereocenters. The average Bonchev–Trinajstić information content (AvgIpc) is 3.07. The maximum Gasteiger partial charge on any atom is 0.295 e. The van der Waals surface area contributed by atoms with E-state index in [1.54, 1.807) is 24.3 Å². The summed E-state index contributed by atoms with van der Waals surface area (Å²) in [6.07, 6.45) is 1.59. The van der Waals surface area contributed by atoms with Crippen LogP contribution < -0.4 is 9.47 Å². The summed E-state index contributed by atoms with van der Waals surface area (Å²) in [5, 5.41) is 11.1. The Morgan fingerprint density at radius 3 is 2.12 bits per heavy atom. The number of likely N-dealkylation sites (tertiary alicyclic amines) is 1. The van der Waals surface area contributed by atoms with Crippen LogP contribution in [0, 0.1) is 5.92 Å². The molecule has 1 heterocycles. The van der Waals surface area contributed by atoms with Crippen molar-refractivity contribution in [2.24, 2.45) is 5.92 Å². The van der Waals surface area contributed by atoms with Gasteiger partial charge in [-0.2, -0.15) is 0 Å². The Balaban J connectivity index is 1.98. The van der Waals surface area contributed by atoms with E-state index in [-0.39, 0.29) is 11.3 Å². The molecule has 1 saturated heterocycles. The van der Waals surface area contributed by atoms with Crippen LogP contribution in [0.5, 0.6) is 11.5 Å². The molecule has 0 aromatic heterocycles. The van der Waals surface area contributed by atoms with Crippen LogP contribution in [0.1, 0.15) is 57.7 Å². The quantitative estimate of drug-likeness (QED) is 0.300. The number of hydrogen-bond donors (Lipinski definition) is 1. The van der Waals surface area contributed by atoms with Crippen molar-refractivity contribution in [1.29, 1.82) is 0 Å². The number of nitrogens with zero attached hydrogens (tertiary/aromatic N) is 1. The van der Waals surface area contributed by atoms with Gasteiger partial charge >= 0.3 is 0 Å². The summed E-state index contributed by atoms with van der Waals surface area (Å²) in [5.41, 5.74) is 1.32. The van der Waals surface area contributed by atoms with E-state index in [1.165, 1.54) is 4.90 Å². The second-order valence-corrected chi connectivity index (χ2v) is 8.64. The summed E-state index contributed by atoms with van der Waals surface area (Å²) in [7, 11) is 0. The highest BCUT2D eigenvalue weighted by molar-refractivity contribution is 6.46. The van der Waals surface area contributed by atoms with Gasteiger partial charge in [-0.3, -0.25) is 9.59 Å². The predicted molar refractivity (Wildman–Crippen MR) is 128 cm³/mol. The van der Waals surface area contributed by atoms with E-state index in [4.69, 9.17) is 9.47 Å². The normalized spacial score (nSPS) is 17.6. The van der Waals surface area contributed by atoms with Gasteiger partial charge in [-0.1, -0.05) is 39.8 Å². The van der Waals surface area contributed by atoms with Crippen LogP contribution in [0.15, 0.2) is 54.1 Å². The number of aliphatic hydroxyl groups excluding tert-OH is 1. The molecule has 6 nitrogen and oxygen atoms in total. The van der Waals surface area contributed by atoms with Gasteiger partial charge in [0.2, 0.25) is 0 Å². The van der Waals surface area contributed by atoms with E-state index in [0.29, 0.717) is 43.4 Å². The summed E-state index contributed by atoms with van der Waals surface area (Å²) in [6.45, 7) is 9.76. The first-order valence-electron chi connectivity index (χ1n) is 11.6. The Labute approximate surface area is 195 Å². The first-order valence-corrected chi connectivity index (χ1v) is 11.6. The van der Waals surface area contributed by atoms with Gasteiger partial charge < -0.3 is 19.5 Å². The highest BCUT2D eigenvalue weighted by atomic mass is 16.5. The van der Waals surface area contributed by atoms with Gasteiger partial charge in [0.25, 0.3) is 11.7 Å². The van der Waals surface area contributed by atoms with Gasteiger partial charge in [0.15, 0.2) is 0 Å². The van der Waals surface area contributed by atoms with Crippen LogP contribution in [0.3, 0.4) is 0 Å². The molecule has 1 aliphatic rings. The van der Waals surface area contributed by atoms with Crippen molar-refractivity contribution in [2.75, 3.05) is 19.8 Å². The monoisotopic (exact) mass is 451 g/mol. The number of ketones is 1. The topological polar surface area (TPSA) is 76.1 Å². The van der Waals surface area contributed by atoms with Crippen molar-refractivity contribution in [3.8, 4) is 11.5 Å².